The van der Waals surface area contributed by atoms with Gasteiger partial charge in [0.15, 0.2) is 5.78 Å². The number of aliphatic imine (C=N–C) groups is 1. The van der Waals surface area contributed by atoms with Crippen LogP contribution in [0.2, 0.25) is 0 Å². The summed E-state index contributed by atoms with van der Waals surface area (Å²) in [5, 5.41) is 12.6. The Morgan fingerprint density at radius 2 is 2.03 bits per heavy atom. The molecular weight excluding hydrogens is 438 g/mol. The molecular formula is C28H27N5O2. The van der Waals surface area contributed by atoms with Gasteiger partial charge in [-0.25, -0.2) is 0 Å². The summed E-state index contributed by atoms with van der Waals surface area (Å²) >= 11 is 0. The Labute approximate surface area is 204 Å². The molecule has 5 rings (SSSR count). The van der Waals surface area contributed by atoms with E-state index in [9.17, 15) is 9.59 Å². The summed E-state index contributed by atoms with van der Waals surface area (Å²) in [5.74, 6) is -0.285. The molecule has 0 spiro atoms. The van der Waals surface area contributed by atoms with Gasteiger partial charge in [-0.3, -0.25) is 19.6 Å². The van der Waals surface area contributed by atoms with E-state index in [-0.39, 0.29) is 11.7 Å². The van der Waals surface area contributed by atoms with Crippen LogP contribution in [-0.2, 0) is 4.79 Å². The third-order valence-electron chi connectivity index (χ3n) is 6.22. The van der Waals surface area contributed by atoms with Crippen molar-refractivity contribution in [1.82, 2.24) is 5.01 Å². The first-order valence-electron chi connectivity index (χ1n) is 11.8. The van der Waals surface area contributed by atoms with Crippen LogP contribution in [0, 0.1) is 0 Å². The number of anilines is 2. The molecule has 2 heterocycles. The lowest BCUT2D eigenvalue weighted by atomic mass is 9.98. The summed E-state index contributed by atoms with van der Waals surface area (Å²) in [7, 11) is 0. The fourth-order valence-corrected chi connectivity index (χ4v) is 4.24. The average Bonchev–Trinajstić information content (AvgIpc) is 3.31. The van der Waals surface area contributed by atoms with Gasteiger partial charge in [-0.15, -0.1) is 0 Å². The zero-order valence-electron chi connectivity index (χ0n) is 19.6. The Morgan fingerprint density at radius 3 is 2.83 bits per heavy atom. The number of carbonyl (C=O) groups is 2. The van der Waals surface area contributed by atoms with Crippen molar-refractivity contribution in [2.24, 2.45) is 10.1 Å². The number of amides is 1. The summed E-state index contributed by atoms with van der Waals surface area (Å²) < 4.78 is 0. The number of fused-ring (bicyclic) bond motifs is 1. The van der Waals surface area contributed by atoms with Crippen LogP contribution >= 0.6 is 0 Å². The first kappa shape index (κ1) is 22.5. The number of hydrazone groups is 1. The van der Waals surface area contributed by atoms with Crippen molar-refractivity contribution in [3.05, 3.63) is 95.2 Å². The smallest absolute Gasteiger partial charge is 0.255 e. The number of carbonyl (C=O) groups excluding carboxylic acids is 2. The fourth-order valence-electron chi connectivity index (χ4n) is 4.24. The maximum absolute atomic E-state index is 13.3. The number of hydrogen-bond acceptors (Lipinski definition) is 6. The molecule has 7 nitrogen and oxygen atoms in total. The molecule has 1 amide bonds. The molecule has 2 aromatic carbocycles. The first-order chi connectivity index (χ1) is 17.1. The van der Waals surface area contributed by atoms with Crippen molar-refractivity contribution >= 4 is 35.0 Å². The standard InChI is InChI=1S/C28H27N5O2/c1-19-7-6-14-33(19)31-17-26-24-13-12-22(16-25(24)29-18-30-26)27(34)21-10-5-11-23(15-21)32-28(35)20-8-3-2-4-9-20/h3,5-6,8-17,19,29H,2,4,7,18H2,1H3,(H,32,35)/b31-17+. The lowest BCUT2D eigenvalue weighted by molar-refractivity contribution is -0.112. The lowest BCUT2D eigenvalue weighted by Crippen LogP contribution is -2.21. The Hall–Kier alpha value is -4.26. The Morgan fingerprint density at radius 1 is 1.14 bits per heavy atom. The molecule has 0 saturated heterocycles. The minimum atomic E-state index is -0.171. The van der Waals surface area contributed by atoms with Gasteiger partial charge in [0.1, 0.15) is 6.67 Å². The van der Waals surface area contributed by atoms with Crippen LogP contribution in [0.1, 0.15) is 47.7 Å². The van der Waals surface area contributed by atoms with Crippen LogP contribution in [0.15, 0.2) is 88.6 Å². The van der Waals surface area contributed by atoms with E-state index >= 15 is 0 Å². The largest absolute Gasteiger partial charge is 0.366 e. The van der Waals surface area contributed by atoms with Crippen LogP contribution in [0.5, 0.6) is 0 Å². The fraction of sp³-hybridized carbons (Fsp3) is 0.214. The number of ketones is 1. The van der Waals surface area contributed by atoms with Crippen LogP contribution < -0.4 is 10.6 Å². The van der Waals surface area contributed by atoms with E-state index in [2.05, 4.69) is 33.7 Å². The van der Waals surface area contributed by atoms with Gasteiger partial charge in [0.2, 0.25) is 0 Å². The molecule has 176 valence electrons. The zero-order chi connectivity index (χ0) is 24.2. The highest BCUT2D eigenvalue weighted by atomic mass is 16.1. The first-order valence-corrected chi connectivity index (χ1v) is 11.8. The van der Waals surface area contributed by atoms with Crippen molar-refractivity contribution in [1.29, 1.82) is 0 Å². The molecule has 0 bridgehead atoms. The molecule has 2 N–H and O–H groups in total. The molecule has 35 heavy (non-hydrogen) atoms. The minimum absolute atomic E-state index is 0.115. The second-order valence-corrected chi connectivity index (χ2v) is 8.74. The molecule has 1 unspecified atom stereocenters. The SMILES string of the molecule is CC1CC=CN1/N=C/C1=NCNc2cc(C(=O)c3cccc(NC(=O)C4=CCCC=C4)c3)ccc21. The number of allylic oxidation sites excluding steroid dienone is 2. The maximum Gasteiger partial charge on any atom is 0.255 e. The molecule has 3 aliphatic rings. The van der Waals surface area contributed by atoms with Crippen LogP contribution in [0.25, 0.3) is 0 Å². The molecule has 0 radical (unpaired) electrons. The minimum Gasteiger partial charge on any atom is -0.366 e. The average molecular weight is 466 g/mol. The van der Waals surface area contributed by atoms with Crippen molar-refractivity contribution in [2.75, 3.05) is 17.3 Å². The van der Waals surface area contributed by atoms with Gasteiger partial charge >= 0.3 is 0 Å². The Kier molecular flexibility index (Phi) is 6.39. The second kappa shape index (κ2) is 9.93. The highest BCUT2D eigenvalue weighted by Crippen LogP contribution is 2.24. The van der Waals surface area contributed by atoms with Crippen molar-refractivity contribution < 1.29 is 9.59 Å². The molecule has 0 fully saturated rings. The number of nitrogens with one attached hydrogen (secondary N) is 2. The van der Waals surface area contributed by atoms with Crippen LogP contribution in [0.4, 0.5) is 11.4 Å². The van der Waals surface area contributed by atoms with Gasteiger partial charge in [0.05, 0.1) is 18.0 Å². The van der Waals surface area contributed by atoms with E-state index in [0.29, 0.717) is 35.1 Å². The summed E-state index contributed by atoms with van der Waals surface area (Å²) in [5.41, 5.74) is 4.84. The monoisotopic (exact) mass is 465 g/mol. The predicted molar refractivity (Wildman–Crippen MR) is 140 cm³/mol. The Balaban J connectivity index is 1.32. The molecule has 2 aromatic rings. The van der Waals surface area contributed by atoms with Gasteiger partial charge in [-0.1, -0.05) is 42.5 Å². The van der Waals surface area contributed by atoms with E-state index in [1.807, 2.05) is 41.6 Å². The van der Waals surface area contributed by atoms with Gasteiger partial charge in [0.25, 0.3) is 5.91 Å². The zero-order valence-corrected chi connectivity index (χ0v) is 19.6. The summed E-state index contributed by atoms with van der Waals surface area (Å²) in [6, 6.07) is 12.9. The summed E-state index contributed by atoms with van der Waals surface area (Å²) in [6.07, 6.45) is 14.4. The number of benzene rings is 2. The summed E-state index contributed by atoms with van der Waals surface area (Å²) in [6.45, 7) is 2.54. The van der Waals surface area contributed by atoms with Gasteiger partial charge in [-0.05, 0) is 50.5 Å². The van der Waals surface area contributed by atoms with Gasteiger partial charge in [0, 0.05) is 39.8 Å². The van der Waals surface area contributed by atoms with E-state index < -0.39 is 0 Å². The third-order valence-corrected chi connectivity index (χ3v) is 6.22. The van der Waals surface area contributed by atoms with Crippen molar-refractivity contribution in [3.8, 4) is 0 Å². The second-order valence-electron chi connectivity index (χ2n) is 8.74. The number of rotatable bonds is 6. The Bertz CT molecular complexity index is 1320. The van der Waals surface area contributed by atoms with E-state index in [4.69, 9.17) is 0 Å². The van der Waals surface area contributed by atoms with Crippen LogP contribution in [0.3, 0.4) is 0 Å². The van der Waals surface area contributed by atoms with E-state index in [0.717, 1.165) is 36.2 Å². The predicted octanol–water partition coefficient (Wildman–Crippen LogP) is 4.90. The molecule has 7 heteroatoms. The molecule has 0 saturated carbocycles. The molecule has 0 aromatic heterocycles. The van der Waals surface area contributed by atoms with Crippen molar-refractivity contribution in [3.63, 3.8) is 0 Å². The highest BCUT2D eigenvalue weighted by molar-refractivity contribution is 6.40. The van der Waals surface area contributed by atoms with Crippen LogP contribution in [-0.4, -0.2) is 41.3 Å². The third kappa shape index (κ3) is 4.99. The topological polar surface area (TPSA) is 86.2 Å². The molecule has 2 aliphatic heterocycles. The quantitative estimate of drug-likeness (QED) is 0.469. The van der Waals surface area contributed by atoms with Gasteiger partial charge in [-0.2, -0.15) is 5.10 Å². The summed E-state index contributed by atoms with van der Waals surface area (Å²) in [4.78, 5) is 30.3. The van der Waals surface area contributed by atoms with E-state index in [1.165, 1.54) is 0 Å². The molecule has 1 aliphatic carbocycles. The number of nitrogens with zero attached hydrogens (tertiary/aromatic N) is 3. The normalized spacial score (nSPS) is 18.7. The van der Waals surface area contributed by atoms with Gasteiger partial charge < -0.3 is 10.6 Å². The molecule has 1 atom stereocenters. The maximum atomic E-state index is 13.3. The number of hydrogen-bond donors (Lipinski definition) is 2. The lowest BCUT2D eigenvalue weighted by Gasteiger charge is -2.19. The van der Waals surface area contributed by atoms with Crippen molar-refractivity contribution in [2.45, 2.75) is 32.2 Å². The van der Waals surface area contributed by atoms with E-state index in [1.54, 1.807) is 36.5 Å². The highest BCUT2D eigenvalue weighted by Gasteiger charge is 2.18.